The fourth-order valence-electron chi connectivity index (χ4n) is 1.31. The minimum atomic E-state index is -0.812. The van der Waals surface area contributed by atoms with Gasteiger partial charge in [-0.2, -0.15) is 0 Å². The van der Waals surface area contributed by atoms with E-state index >= 15 is 0 Å². The summed E-state index contributed by atoms with van der Waals surface area (Å²) < 4.78 is 0. The topological polar surface area (TPSA) is 49.3 Å². The molecule has 0 fully saturated rings. The smallest absolute Gasteiger partial charge is 0.326 e. The van der Waals surface area contributed by atoms with E-state index < -0.39 is 12.0 Å². The molecule has 0 radical (unpaired) electrons. The first kappa shape index (κ1) is 12.0. The van der Waals surface area contributed by atoms with E-state index in [0.29, 0.717) is 0 Å². The summed E-state index contributed by atoms with van der Waals surface area (Å²) in [6.07, 6.45) is 0. The van der Waals surface area contributed by atoms with Crippen molar-refractivity contribution >= 4 is 23.0 Å². The van der Waals surface area contributed by atoms with Gasteiger partial charge < -0.3 is 10.4 Å². The predicted molar refractivity (Wildman–Crippen MR) is 63.6 cm³/mol. The number of rotatable bonds is 3. The number of carboxylic acids is 1. The van der Waals surface area contributed by atoms with Gasteiger partial charge in [0, 0.05) is 11.1 Å². The first-order chi connectivity index (χ1) is 6.82. The maximum atomic E-state index is 11.1. The highest BCUT2D eigenvalue weighted by molar-refractivity contribution is 7.08. The number of aryl methyl sites for hydroxylation is 1. The van der Waals surface area contributed by atoms with E-state index in [1.54, 1.807) is 11.3 Å². The summed E-state index contributed by atoms with van der Waals surface area (Å²) in [5, 5.41) is 16.2. The lowest BCUT2D eigenvalue weighted by Crippen LogP contribution is -2.41. The molecule has 1 aromatic rings. The fourth-order valence-corrected chi connectivity index (χ4v) is 2.10. The molecule has 0 aliphatic carbocycles. The van der Waals surface area contributed by atoms with E-state index in [1.807, 2.05) is 38.5 Å². The van der Waals surface area contributed by atoms with Gasteiger partial charge in [-0.25, -0.2) is 4.79 Å². The van der Waals surface area contributed by atoms with Crippen LogP contribution < -0.4 is 5.32 Å². The zero-order valence-corrected chi connectivity index (χ0v) is 10.3. The van der Waals surface area contributed by atoms with E-state index in [-0.39, 0.29) is 5.41 Å². The van der Waals surface area contributed by atoms with Crippen LogP contribution in [-0.4, -0.2) is 17.1 Å². The Labute approximate surface area is 94.1 Å². The summed E-state index contributed by atoms with van der Waals surface area (Å²) in [5.41, 5.74) is 1.71. The molecular weight excluding hydrogens is 210 g/mol. The molecule has 0 saturated heterocycles. The third-order valence-corrected chi connectivity index (χ3v) is 3.13. The van der Waals surface area contributed by atoms with E-state index in [1.165, 1.54) is 0 Å². The molecule has 2 N–H and O–H groups in total. The van der Waals surface area contributed by atoms with Gasteiger partial charge in [-0.3, -0.25) is 0 Å². The van der Waals surface area contributed by atoms with Crippen molar-refractivity contribution in [1.29, 1.82) is 0 Å². The van der Waals surface area contributed by atoms with Gasteiger partial charge in [-0.05, 0) is 23.3 Å². The molecule has 0 aliphatic rings. The number of hydrogen-bond donors (Lipinski definition) is 2. The Hall–Kier alpha value is -1.03. The van der Waals surface area contributed by atoms with Crippen molar-refractivity contribution in [2.45, 2.75) is 33.7 Å². The van der Waals surface area contributed by atoms with Gasteiger partial charge in [0.25, 0.3) is 0 Å². The summed E-state index contributed by atoms with van der Waals surface area (Å²) in [7, 11) is 0. The first-order valence-corrected chi connectivity index (χ1v) is 5.79. The molecule has 0 aromatic carbocycles. The summed E-state index contributed by atoms with van der Waals surface area (Å²) in [4.78, 5) is 11.1. The Balaban J connectivity index is 2.86. The van der Waals surface area contributed by atoms with Crippen LogP contribution in [0.25, 0.3) is 0 Å². The number of aliphatic carboxylic acids is 1. The Morgan fingerprint density at radius 1 is 1.47 bits per heavy atom. The van der Waals surface area contributed by atoms with Crippen molar-refractivity contribution < 1.29 is 9.90 Å². The van der Waals surface area contributed by atoms with Crippen LogP contribution in [0.1, 0.15) is 26.3 Å². The normalized spacial score (nSPS) is 13.6. The lowest BCUT2D eigenvalue weighted by Gasteiger charge is -2.28. The zero-order valence-electron chi connectivity index (χ0n) is 9.50. The fraction of sp³-hybridized carbons (Fsp3) is 0.545. The Kier molecular flexibility index (Phi) is 3.39. The van der Waals surface area contributed by atoms with Gasteiger partial charge in [-0.1, -0.05) is 20.8 Å². The van der Waals surface area contributed by atoms with Gasteiger partial charge in [0.05, 0.1) is 0 Å². The van der Waals surface area contributed by atoms with Crippen molar-refractivity contribution in [2.75, 3.05) is 5.32 Å². The molecule has 1 rings (SSSR count). The minimum absolute atomic E-state index is 0.305. The molecule has 0 spiro atoms. The maximum absolute atomic E-state index is 11.1. The van der Waals surface area contributed by atoms with Crippen molar-refractivity contribution in [1.82, 2.24) is 0 Å². The van der Waals surface area contributed by atoms with Crippen LogP contribution in [-0.2, 0) is 4.79 Å². The van der Waals surface area contributed by atoms with E-state index in [2.05, 4.69) is 5.32 Å². The van der Waals surface area contributed by atoms with Crippen molar-refractivity contribution in [3.8, 4) is 0 Å². The first-order valence-electron chi connectivity index (χ1n) is 4.84. The van der Waals surface area contributed by atoms with Crippen LogP contribution in [0.2, 0.25) is 0 Å². The van der Waals surface area contributed by atoms with Crippen LogP contribution in [0.3, 0.4) is 0 Å². The second kappa shape index (κ2) is 4.23. The molecular formula is C11H17NO2S. The molecule has 4 heteroatoms. The zero-order chi connectivity index (χ0) is 11.6. The molecule has 1 atom stereocenters. The standard InChI is InChI=1S/C11H17NO2S/c1-7-5-15-6-8(7)12-9(10(13)14)11(2,3)4/h5-6,9,12H,1-4H3,(H,13,14). The van der Waals surface area contributed by atoms with Gasteiger partial charge in [0.15, 0.2) is 0 Å². The van der Waals surface area contributed by atoms with Crippen LogP contribution >= 0.6 is 11.3 Å². The lowest BCUT2D eigenvalue weighted by molar-refractivity contribution is -0.140. The van der Waals surface area contributed by atoms with Crippen LogP contribution in [0, 0.1) is 12.3 Å². The number of thiophene rings is 1. The third-order valence-electron chi connectivity index (χ3n) is 2.27. The average Bonchev–Trinajstić information content (AvgIpc) is 2.44. The summed E-state index contributed by atoms with van der Waals surface area (Å²) in [6, 6.07) is -0.564. The number of nitrogens with one attached hydrogen (secondary N) is 1. The number of carboxylic acid groups (broad SMARTS) is 1. The summed E-state index contributed by atoms with van der Waals surface area (Å²) in [6.45, 7) is 7.72. The van der Waals surface area contributed by atoms with Gasteiger partial charge in [0.2, 0.25) is 0 Å². The average molecular weight is 227 g/mol. The lowest BCUT2D eigenvalue weighted by atomic mass is 9.86. The molecule has 3 nitrogen and oxygen atoms in total. The van der Waals surface area contributed by atoms with Gasteiger partial charge in [0.1, 0.15) is 6.04 Å². The van der Waals surface area contributed by atoms with Crippen molar-refractivity contribution in [3.05, 3.63) is 16.3 Å². The van der Waals surface area contributed by atoms with Crippen LogP contribution in [0.15, 0.2) is 10.8 Å². The monoisotopic (exact) mass is 227 g/mol. The maximum Gasteiger partial charge on any atom is 0.326 e. The van der Waals surface area contributed by atoms with Crippen LogP contribution in [0.4, 0.5) is 5.69 Å². The van der Waals surface area contributed by atoms with E-state index in [9.17, 15) is 4.79 Å². The highest BCUT2D eigenvalue weighted by atomic mass is 32.1. The predicted octanol–water partition coefficient (Wildman–Crippen LogP) is 2.97. The van der Waals surface area contributed by atoms with Crippen LogP contribution in [0.5, 0.6) is 0 Å². The molecule has 1 aromatic heterocycles. The molecule has 1 heterocycles. The van der Waals surface area contributed by atoms with E-state index in [0.717, 1.165) is 11.3 Å². The molecule has 1 unspecified atom stereocenters. The molecule has 15 heavy (non-hydrogen) atoms. The second-order valence-corrected chi connectivity index (χ2v) is 5.49. The minimum Gasteiger partial charge on any atom is -0.480 e. The summed E-state index contributed by atoms with van der Waals surface area (Å²) >= 11 is 1.58. The molecule has 0 amide bonds. The Morgan fingerprint density at radius 2 is 2.07 bits per heavy atom. The second-order valence-electron chi connectivity index (χ2n) is 4.75. The van der Waals surface area contributed by atoms with Gasteiger partial charge >= 0.3 is 5.97 Å². The number of hydrogen-bond acceptors (Lipinski definition) is 3. The van der Waals surface area contributed by atoms with Gasteiger partial charge in [-0.15, -0.1) is 11.3 Å². The number of anilines is 1. The molecule has 84 valence electrons. The SMILES string of the molecule is Cc1cscc1NC(C(=O)O)C(C)(C)C. The Bertz CT molecular complexity index is 352. The van der Waals surface area contributed by atoms with Crippen molar-refractivity contribution in [3.63, 3.8) is 0 Å². The Morgan fingerprint density at radius 3 is 2.40 bits per heavy atom. The molecule has 0 bridgehead atoms. The molecule has 0 aliphatic heterocycles. The largest absolute Gasteiger partial charge is 0.480 e. The highest BCUT2D eigenvalue weighted by Crippen LogP contribution is 2.27. The van der Waals surface area contributed by atoms with E-state index in [4.69, 9.17) is 5.11 Å². The quantitative estimate of drug-likeness (QED) is 0.834. The summed E-state index contributed by atoms with van der Waals surface area (Å²) in [5.74, 6) is -0.812. The van der Waals surface area contributed by atoms with Crippen molar-refractivity contribution in [2.24, 2.45) is 5.41 Å². The number of carbonyl (C=O) groups is 1. The highest BCUT2D eigenvalue weighted by Gasteiger charge is 2.31. The third kappa shape index (κ3) is 2.96. The molecule has 0 saturated carbocycles.